The summed E-state index contributed by atoms with van der Waals surface area (Å²) in [5, 5.41) is 11.8. The summed E-state index contributed by atoms with van der Waals surface area (Å²) < 4.78 is 5.16. The van der Waals surface area contributed by atoms with Crippen LogP contribution in [0, 0.1) is 0 Å². The molecule has 94 valence electrons. The van der Waals surface area contributed by atoms with E-state index in [0.29, 0.717) is 19.6 Å². The van der Waals surface area contributed by atoms with Crippen molar-refractivity contribution in [2.24, 2.45) is 0 Å². The van der Waals surface area contributed by atoms with Gasteiger partial charge in [-0.2, -0.15) is 0 Å². The van der Waals surface area contributed by atoms with Gasteiger partial charge < -0.3 is 15.2 Å². The second-order valence-corrected chi connectivity index (χ2v) is 3.71. The van der Waals surface area contributed by atoms with Gasteiger partial charge in [-0.1, -0.05) is 12.1 Å². The predicted octanol–water partition coefficient (Wildman–Crippen LogP) is 1.93. The van der Waals surface area contributed by atoms with Crippen molar-refractivity contribution in [3.05, 3.63) is 29.8 Å². The van der Waals surface area contributed by atoms with Crippen LogP contribution >= 0.6 is 0 Å². The van der Waals surface area contributed by atoms with E-state index in [9.17, 15) is 4.79 Å². The number of anilines is 1. The Kier molecular flexibility index (Phi) is 6.29. The number of ether oxygens (including phenoxy) is 1. The molecule has 4 nitrogen and oxygen atoms in total. The van der Waals surface area contributed by atoms with Gasteiger partial charge in [-0.15, -0.1) is 0 Å². The summed E-state index contributed by atoms with van der Waals surface area (Å²) in [5.74, 6) is -0.0280. The lowest BCUT2D eigenvalue weighted by molar-refractivity contribution is -0.116. The average Bonchev–Trinajstić information content (AvgIpc) is 2.35. The summed E-state index contributed by atoms with van der Waals surface area (Å²) in [4.78, 5) is 11.5. The summed E-state index contributed by atoms with van der Waals surface area (Å²) in [5.41, 5.74) is 1.51. The van der Waals surface area contributed by atoms with Gasteiger partial charge in [0.2, 0.25) is 5.91 Å². The quantitative estimate of drug-likeness (QED) is 0.712. The van der Waals surface area contributed by atoms with E-state index < -0.39 is 0 Å². The molecule has 0 unspecified atom stereocenters. The maximum absolute atomic E-state index is 11.5. The van der Waals surface area contributed by atoms with E-state index in [1.807, 2.05) is 13.0 Å². The molecule has 0 aliphatic carbocycles. The lowest BCUT2D eigenvalue weighted by atomic mass is 10.2. The molecule has 0 atom stereocenters. The number of benzene rings is 1. The topological polar surface area (TPSA) is 58.6 Å². The summed E-state index contributed by atoms with van der Waals surface area (Å²) in [7, 11) is 0. The minimum atomic E-state index is -0.0280. The van der Waals surface area contributed by atoms with Crippen molar-refractivity contribution in [3.63, 3.8) is 0 Å². The van der Waals surface area contributed by atoms with Crippen molar-refractivity contribution >= 4 is 11.6 Å². The molecule has 0 aliphatic rings. The van der Waals surface area contributed by atoms with E-state index in [0.717, 1.165) is 17.7 Å². The van der Waals surface area contributed by atoms with Gasteiger partial charge in [0.1, 0.15) is 0 Å². The van der Waals surface area contributed by atoms with E-state index in [-0.39, 0.29) is 12.5 Å². The van der Waals surface area contributed by atoms with Crippen LogP contribution in [0.5, 0.6) is 0 Å². The second kappa shape index (κ2) is 7.81. The van der Waals surface area contributed by atoms with E-state index in [4.69, 9.17) is 9.84 Å². The summed E-state index contributed by atoms with van der Waals surface area (Å²) >= 11 is 0. The summed E-state index contributed by atoms with van der Waals surface area (Å²) in [6.07, 6.45) is 1.17. The van der Waals surface area contributed by atoms with Crippen LogP contribution in [0.25, 0.3) is 0 Å². The first-order valence-electron chi connectivity index (χ1n) is 5.83. The summed E-state index contributed by atoms with van der Waals surface area (Å²) in [6, 6.07) is 7.19. The molecule has 1 aromatic rings. The van der Waals surface area contributed by atoms with Gasteiger partial charge in [0.25, 0.3) is 0 Å². The van der Waals surface area contributed by atoms with Crippen molar-refractivity contribution in [2.75, 3.05) is 18.5 Å². The lowest BCUT2D eigenvalue weighted by Crippen LogP contribution is -2.12. The number of aliphatic hydroxyl groups is 1. The SMILES string of the molecule is CCOCCCC(=O)Nc1cccc(CO)c1. The highest BCUT2D eigenvalue weighted by atomic mass is 16.5. The Morgan fingerprint density at radius 1 is 1.47 bits per heavy atom. The van der Waals surface area contributed by atoms with E-state index >= 15 is 0 Å². The van der Waals surface area contributed by atoms with Gasteiger partial charge in [0.15, 0.2) is 0 Å². The highest BCUT2D eigenvalue weighted by Crippen LogP contribution is 2.11. The van der Waals surface area contributed by atoms with Gasteiger partial charge in [-0.05, 0) is 31.0 Å². The number of nitrogens with one attached hydrogen (secondary N) is 1. The molecule has 0 bridgehead atoms. The fourth-order valence-corrected chi connectivity index (χ4v) is 1.45. The molecule has 0 aliphatic heterocycles. The standard InChI is InChI=1S/C13H19NO3/c1-2-17-8-4-7-13(16)14-12-6-3-5-11(9-12)10-15/h3,5-6,9,15H,2,4,7-8,10H2,1H3,(H,14,16). The molecule has 1 rings (SSSR count). The second-order valence-electron chi connectivity index (χ2n) is 3.71. The van der Waals surface area contributed by atoms with Gasteiger partial charge >= 0.3 is 0 Å². The Morgan fingerprint density at radius 3 is 3.00 bits per heavy atom. The minimum Gasteiger partial charge on any atom is -0.392 e. The average molecular weight is 237 g/mol. The van der Waals surface area contributed by atoms with Crippen molar-refractivity contribution in [3.8, 4) is 0 Å². The van der Waals surface area contributed by atoms with Crippen LogP contribution in [-0.2, 0) is 16.1 Å². The van der Waals surface area contributed by atoms with Gasteiger partial charge in [0.05, 0.1) is 6.61 Å². The lowest BCUT2D eigenvalue weighted by Gasteiger charge is -2.06. The zero-order chi connectivity index (χ0) is 12.5. The molecule has 0 spiro atoms. The Balaban J connectivity index is 2.34. The van der Waals surface area contributed by atoms with Crippen LogP contribution in [-0.4, -0.2) is 24.2 Å². The Labute approximate surface area is 102 Å². The first-order valence-corrected chi connectivity index (χ1v) is 5.83. The molecule has 0 saturated carbocycles. The first kappa shape index (κ1) is 13.7. The molecule has 4 heteroatoms. The normalized spacial score (nSPS) is 10.2. The van der Waals surface area contributed by atoms with Gasteiger partial charge in [-0.3, -0.25) is 4.79 Å². The van der Waals surface area contributed by atoms with Crippen molar-refractivity contribution < 1.29 is 14.6 Å². The molecular formula is C13H19NO3. The molecule has 1 amide bonds. The molecule has 1 aromatic carbocycles. The smallest absolute Gasteiger partial charge is 0.224 e. The van der Waals surface area contributed by atoms with E-state index in [1.165, 1.54) is 0 Å². The fourth-order valence-electron chi connectivity index (χ4n) is 1.45. The third-order valence-corrected chi connectivity index (χ3v) is 2.29. The van der Waals surface area contributed by atoms with E-state index in [2.05, 4.69) is 5.32 Å². The fraction of sp³-hybridized carbons (Fsp3) is 0.462. The minimum absolute atomic E-state index is 0.0198. The maximum atomic E-state index is 11.5. The highest BCUT2D eigenvalue weighted by Gasteiger charge is 2.02. The van der Waals surface area contributed by atoms with Crippen LogP contribution in [0.3, 0.4) is 0 Å². The molecule has 0 heterocycles. The molecule has 17 heavy (non-hydrogen) atoms. The van der Waals surface area contributed by atoms with Crippen molar-refractivity contribution in [2.45, 2.75) is 26.4 Å². The maximum Gasteiger partial charge on any atom is 0.224 e. The number of carbonyl (C=O) groups excluding carboxylic acids is 1. The zero-order valence-corrected chi connectivity index (χ0v) is 10.1. The summed E-state index contributed by atoms with van der Waals surface area (Å²) in [6.45, 7) is 3.20. The number of rotatable bonds is 7. The molecule has 0 fully saturated rings. The molecule has 2 N–H and O–H groups in total. The van der Waals surface area contributed by atoms with Crippen molar-refractivity contribution in [1.29, 1.82) is 0 Å². The van der Waals surface area contributed by atoms with Crippen LogP contribution < -0.4 is 5.32 Å². The van der Waals surface area contributed by atoms with Crippen LogP contribution in [0.15, 0.2) is 24.3 Å². The third kappa shape index (κ3) is 5.47. The molecule has 0 saturated heterocycles. The Hall–Kier alpha value is -1.39. The van der Waals surface area contributed by atoms with Gasteiger partial charge in [0, 0.05) is 25.3 Å². The Bertz CT molecular complexity index is 352. The molecule has 0 radical (unpaired) electrons. The number of hydrogen-bond acceptors (Lipinski definition) is 3. The Morgan fingerprint density at radius 2 is 2.29 bits per heavy atom. The van der Waals surface area contributed by atoms with Crippen molar-refractivity contribution in [1.82, 2.24) is 0 Å². The monoisotopic (exact) mass is 237 g/mol. The number of amides is 1. The first-order chi connectivity index (χ1) is 8.26. The van der Waals surface area contributed by atoms with Gasteiger partial charge in [-0.25, -0.2) is 0 Å². The third-order valence-electron chi connectivity index (χ3n) is 2.29. The van der Waals surface area contributed by atoms with Crippen LogP contribution in [0.2, 0.25) is 0 Å². The van der Waals surface area contributed by atoms with E-state index in [1.54, 1.807) is 18.2 Å². The highest BCUT2D eigenvalue weighted by molar-refractivity contribution is 5.90. The number of carbonyl (C=O) groups is 1. The van der Waals surface area contributed by atoms with Crippen LogP contribution in [0.1, 0.15) is 25.3 Å². The predicted molar refractivity (Wildman–Crippen MR) is 66.7 cm³/mol. The largest absolute Gasteiger partial charge is 0.392 e. The molecular weight excluding hydrogens is 218 g/mol. The zero-order valence-electron chi connectivity index (χ0n) is 10.1. The number of aliphatic hydroxyl groups excluding tert-OH is 1. The number of hydrogen-bond donors (Lipinski definition) is 2. The van der Waals surface area contributed by atoms with Crippen LogP contribution in [0.4, 0.5) is 5.69 Å². The molecule has 0 aromatic heterocycles.